The number of carbonyl (C=O) groups is 2. The molecule has 0 bridgehead atoms. The second-order valence-corrected chi connectivity index (χ2v) is 7.73. The third kappa shape index (κ3) is 4.59. The molecule has 0 aliphatic heterocycles. The predicted molar refractivity (Wildman–Crippen MR) is 109 cm³/mol. The van der Waals surface area contributed by atoms with Crippen molar-refractivity contribution in [2.75, 3.05) is 12.5 Å². The van der Waals surface area contributed by atoms with Gasteiger partial charge >= 0.3 is 5.97 Å². The molecule has 0 radical (unpaired) electrons. The Kier molecular flexibility index (Phi) is 6.07. The van der Waals surface area contributed by atoms with E-state index < -0.39 is 29.0 Å². The molecule has 2 aromatic carbocycles. The van der Waals surface area contributed by atoms with E-state index in [9.17, 15) is 18.4 Å². The van der Waals surface area contributed by atoms with Crippen molar-refractivity contribution >= 4 is 34.4 Å². The Labute approximate surface area is 176 Å². The minimum atomic E-state index is -0.935. The first-order valence-corrected chi connectivity index (χ1v) is 9.61. The fourth-order valence-electron chi connectivity index (χ4n) is 2.98. The second kappa shape index (κ2) is 8.39. The van der Waals surface area contributed by atoms with E-state index in [4.69, 9.17) is 16.3 Å². The van der Waals surface area contributed by atoms with Crippen molar-refractivity contribution in [2.24, 2.45) is 7.05 Å². The lowest BCUT2D eigenvalue weighted by molar-refractivity contribution is -0.142. The van der Waals surface area contributed by atoms with E-state index >= 15 is 0 Å². The van der Waals surface area contributed by atoms with Crippen LogP contribution in [0.2, 0.25) is 0 Å². The zero-order chi connectivity index (χ0) is 22.1. The highest BCUT2D eigenvalue weighted by atomic mass is 35.5. The molecule has 3 rings (SSSR count). The number of nitrogens with zero attached hydrogens (tertiary/aromatic N) is 2. The monoisotopic (exact) mass is 435 g/mol. The third-order valence-corrected chi connectivity index (χ3v) is 4.69. The van der Waals surface area contributed by atoms with Crippen LogP contribution in [0.3, 0.4) is 0 Å². The quantitative estimate of drug-likeness (QED) is 0.472. The first kappa shape index (κ1) is 21.7. The molecule has 0 fully saturated rings. The number of carbonyl (C=O) groups excluding carboxylic acids is 2. The van der Waals surface area contributed by atoms with Gasteiger partial charge in [-0.25, -0.2) is 8.78 Å². The van der Waals surface area contributed by atoms with Gasteiger partial charge in [0, 0.05) is 12.4 Å². The number of hydrogen-bond donors (Lipinski definition) is 1. The van der Waals surface area contributed by atoms with E-state index in [2.05, 4.69) is 10.4 Å². The Balaban J connectivity index is 1.88. The van der Waals surface area contributed by atoms with E-state index in [0.717, 1.165) is 12.1 Å². The van der Waals surface area contributed by atoms with Gasteiger partial charge < -0.3 is 10.1 Å². The van der Waals surface area contributed by atoms with Gasteiger partial charge in [0.2, 0.25) is 0 Å². The second-order valence-electron chi connectivity index (χ2n) is 7.47. The van der Waals surface area contributed by atoms with Crippen molar-refractivity contribution in [1.82, 2.24) is 15.1 Å². The van der Waals surface area contributed by atoms with Crippen LogP contribution in [0.1, 0.15) is 24.3 Å². The molecule has 0 aliphatic carbocycles. The Morgan fingerprint density at radius 2 is 1.80 bits per heavy atom. The van der Waals surface area contributed by atoms with Gasteiger partial charge in [-0.2, -0.15) is 5.10 Å². The van der Waals surface area contributed by atoms with Crippen LogP contribution in [-0.2, 0) is 16.6 Å². The fourth-order valence-corrected chi connectivity index (χ4v) is 3.06. The first-order chi connectivity index (χ1) is 14.1. The molecule has 0 aliphatic rings. The minimum Gasteiger partial charge on any atom is -0.462 e. The van der Waals surface area contributed by atoms with Crippen molar-refractivity contribution in [3.05, 3.63) is 53.7 Å². The number of fused-ring (bicyclic) bond motifs is 1. The SMILES string of the molecule is Cn1nc(C(=O)NC(C)(C)COC(=O)CCl)c2ccc(-c3ccc(F)c(F)c3)cc21. The summed E-state index contributed by atoms with van der Waals surface area (Å²) in [4.78, 5) is 24.0. The summed E-state index contributed by atoms with van der Waals surface area (Å²) in [6, 6.07) is 8.82. The number of rotatable bonds is 6. The zero-order valence-electron chi connectivity index (χ0n) is 16.6. The van der Waals surface area contributed by atoms with Crippen LogP contribution in [0.15, 0.2) is 36.4 Å². The van der Waals surface area contributed by atoms with E-state index in [-0.39, 0.29) is 18.2 Å². The molecule has 1 N–H and O–H groups in total. The van der Waals surface area contributed by atoms with Gasteiger partial charge in [-0.05, 0) is 49.2 Å². The van der Waals surface area contributed by atoms with Crippen molar-refractivity contribution < 1.29 is 23.1 Å². The predicted octanol–water partition coefficient (Wildman–Crippen LogP) is 3.81. The van der Waals surface area contributed by atoms with Crippen LogP contribution < -0.4 is 5.32 Å². The van der Waals surface area contributed by atoms with E-state index in [1.54, 1.807) is 39.1 Å². The maximum atomic E-state index is 13.6. The first-order valence-electron chi connectivity index (χ1n) is 9.07. The van der Waals surface area contributed by atoms with E-state index in [0.29, 0.717) is 22.0 Å². The average molecular weight is 436 g/mol. The molecule has 9 heteroatoms. The van der Waals surface area contributed by atoms with E-state index in [1.165, 1.54) is 10.7 Å². The topological polar surface area (TPSA) is 73.2 Å². The molecule has 30 heavy (non-hydrogen) atoms. The van der Waals surface area contributed by atoms with Gasteiger partial charge in [-0.3, -0.25) is 14.3 Å². The van der Waals surface area contributed by atoms with Crippen LogP contribution in [0.5, 0.6) is 0 Å². The normalized spacial score (nSPS) is 11.5. The van der Waals surface area contributed by atoms with Crippen LogP contribution in [0.4, 0.5) is 8.78 Å². The van der Waals surface area contributed by atoms with Crippen LogP contribution in [0, 0.1) is 11.6 Å². The largest absolute Gasteiger partial charge is 0.462 e. The molecule has 0 unspecified atom stereocenters. The number of aryl methyl sites for hydroxylation is 1. The summed E-state index contributed by atoms with van der Waals surface area (Å²) in [5, 5.41) is 7.68. The summed E-state index contributed by atoms with van der Waals surface area (Å²) >= 11 is 5.41. The number of nitrogens with one attached hydrogen (secondary N) is 1. The maximum absolute atomic E-state index is 13.6. The number of alkyl halides is 1. The van der Waals surface area contributed by atoms with Gasteiger partial charge in [0.05, 0.1) is 11.1 Å². The molecule has 0 spiro atoms. The number of halogens is 3. The van der Waals surface area contributed by atoms with Crippen LogP contribution in [-0.4, -0.2) is 39.7 Å². The zero-order valence-corrected chi connectivity index (χ0v) is 17.4. The van der Waals surface area contributed by atoms with Crippen molar-refractivity contribution in [3.8, 4) is 11.1 Å². The standard InChI is InChI=1S/C21H20ClF2N3O3/c1-21(2,11-30-18(28)10-22)25-20(29)19-14-6-4-13(9-17(14)27(3)26-19)12-5-7-15(23)16(24)8-12/h4-9H,10-11H2,1-3H3,(H,25,29). The average Bonchev–Trinajstić information content (AvgIpc) is 3.04. The number of amides is 1. The summed E-state index contributed by atoms with van der Waals surface area (Å²) in [5.41, 5.74) is 1.17. The van der Waals surface area contributed by atoms with Crippen LogP contribution in [0.25, 0.3) is 22.0 Å². The summed E-state index contributed by atoms with van der Waals surface area (Å²) in [6.07, 6.45) is 0. The molecule has 0 saturated carbocycles. The lowest BCUT2D eigenvalue weighted by Crippen LogP contribution is -2.47. The number of esters is 1. The van der Waals surface area contributed by atoms with Gasteiger partial charge in [-0.15, -0.1) is 11.6 Å². The van der Waals surface area contributed by atoms with Gasteiger partial charge in [0.15, 0.2) is 17.3 Å². The molecule has 1 heterocycles. The van der Waals surface area contributed by atoms with Gasteiger partial charge in [0.25, 0.3) is 5.91 Å². The number of hydrogen-bond acceptors (Lipinski definition) is 4. The van der Waals surface area contributed by atoms with Crippen molar-refractivity contribution in [1.29, 1.82) is 0 Å². The Morgan fingerprint density at radius 3 is 2.47 bits per heavy atom. The molecular formula is C21H20ClF2N3O3. The minimum absolute atomic E-state index is 0.0463. The molecule has 6 nitrogen and oxygen atoms in total. The smallest absolute Gasteiger partial charge is 0.320 e. The summed E-state index contributed by atoms with van der Waals surface area (Å²) in [5.74, 6) is -3.14. The number of ether oxygens (including phenoxy) is 1. The molecular weight excluding hydrogens is 416 g/mol. The maximum Gasteiger partial charge on any atom is 0.320 e. The third-order valence-electron chi connectivity index (χ3n) is 4.47. The highest BCUT2D eigenvalue weighted by molar-refractivity contribution is 6.26. The number of benzene rings is 2. The molecule has 0 atom stereocenters. The number of aromatic nitrogens is 2. The Bertz CT molecular complexity index is 1130. The molecule has 1 amide bonds. The fraction of sp³-hybridized carbons (Fsp3) is 0.286. The molecule has 3 aromatic rings. The lowest BCUT2D eigenvalue weighted by atomic mass is 10.0. The molecule has 158 valence electrons. The summed E-state index contributed by atoms with van der Waals surface area (Å²) in [6.45, 7) is 3.37. The highest BCUT2D eigenvalue weighted by Crippen LogP contribution is 2.27. The van der Waals surface area contributed by atoms with Gasteiger partial charge in [0.1, 0.15) is 12.5 Å². The molecule has 0 saturated heterocycles. The summed E-state index contributed by atoms with van der Waals surface area (Å²) in [7, 11) is 1.68. The lowest BCUT2D eigenvalue weighted by Gasteiger charge is -2.25. The van der Waals surface area contributed by atoms with E-state index in [1.807, 2.05) is 0 Å². The van der Waals surface area contributed by atoms with Gasteiger partial charge in [-0.1, -0.05) is 12.1 Å². The van der Waals surface area contributed by atoms with Crippen molar-refractivity contribution in [2.45, 2.75) is 19.4 Å². The highest BCUT2D eigenvalue weighted by Gasteiger charge is 2.26. The Hall–Kier alpha value is -3.00. The molecule has 1 aromatic heterocycles. The van der Waals surface area contributed by atoms with Crippen LogP contribution >= 0.6 is 11.6 Å². The van der Waals surface area contributed by atoms with Crippen molar-refractivity contribution in [3.63, 3.8) is 0 Å². The Morgan fingerprint density at radius 1 is 1.13 bits per heavy atom. The summed E-state index contributed by atoms with van der Waals surface area (Å²) < 4.78 is 33.3.